The fourth-order valence-electron chi connectivity index (χ4n) is 2.07. The molecule has 0 heterocycles. The highest BCUT2D eigenvalue weighted by molar-refractivity contribution is 5.99. The molecule has 2 rings (SSSR count). The third kappa shape index (κ3) is 4.91. The van der Waals surface area contributed by atoms with E-state index in [4.69, 9.17) is 14.2 Å². The maximum Gasteiger partial charge on any atom is 0.331 e. The Hall–Kier alpha value is -3.15. The summed E-state index contributed by atoms with van der Waals surface area (Å²) >= 11 is 0. The van der Waals surface area contributed by atoms with Crippen molar-refractivity contribution in [1.29, 1.82) is 0 Å². The zero-order chi connectivity index (χ0) is 18.2. The van der Waals surface area contributed by atoms with Crippen molar-refractivity contribution in [2.24, 2.45) is 0 Å². The lowest BCUT2D eigenvalue weighted by Gasteiger charge is -2.07. The standard InChI is InChI=1S/C19H17FO5/c1-23-17-9-7-13(11-18(17)24-2)8-10-19(22)25-12-16(21)14-5-3-4-6-15(14)20/h3-11H,12H2,1-2H3. The van der Waals surface area contributed by atoms with E-state index in [-0.39, 0.29) is 5.56 Å². The van der Waals surface area contributed by atoms with E-state index in [9.17, 15) is 14.0 Å². The van der Waals surface area contributed by atoms with E-state index >= 15 is 0 Å². The number of Topliss-reactive ketones (excluding diaryl/α,β-unsaturated/α-hetero) is 1. The van der Waals surface area contributed by atoms with E-state index in [2.05, 4.69) is 0 Å². The molecule has 0 N–H and O–H groups in total. The van der Waals surface area contributed by atoms with Crippen molar-refractivity contribution < 1.29 is 28.2 Å². The van der Waals surface area contributed by atoms with Crippen molar-refractivity contribution in [3.63, 3.8) is 0 Å². The quantitative estimate of drug-likeness (QED) is 0.438. The smallest absolute Gasteiger partial charge is 0.331 e. The van der Waals surface area contributed by atoms with Gasteiger partial charge >= 0.3 is 5.97 Å². The molecule has 0 fully saturated rings. The number of carbonyl (C=O) groups is 2. The van der Waals surface area contributed by atoms with Crippen LogP contribution in [0.15, 0.2) is 48.5 Å². The number of carbonyl (C=O) groups excluding carboxylic acids is 2. The molecule has 0 atom stereocenters. The van der Waals surface area contributed by atoms with Crippen LogP contribution in [-0.2, 0) is 9.53 Å². The van der Waals surface area contributed by atoms with Crippen molar-refractivity contribution >= 4 is 17.8 Å². The van der Waals surface area contributed by atoms with Gasteiger partial charge in [0.05, 0.1) is 19.8 Å². The molecule has 0 aliphatic carbocycles. The number of halogens is 1. The molecule has 0 bridgehead atoms. The molecule has 0 unspecified atom stereocenters. The lowest BCUT2D eigenvalue weighted by atomic mass is 10.1. The van der Waals surface area contributed by atoms with Gasteiger partial charge in [0, 0.05) is 6.08 Å². The summed E-state index contributed by atoms with van der Waals surface area (Å²) < 4.78 is 28.6. The molecule has 0 amide bonds. The number of ether oxygens (including phenoxy) is 3. The average Bonchev–Trinajstić information content (AvgIpc) is 2.64. The van der Waals surface area contributed by atoms with E-state index in [1.807, 2.05) is 0 Å². The summed E-state index contributed by atoms with van der Waals surface area (Å²) in [5, 5.41) is 0. The highest BCUT2D eigenvalue weighted by Gasteiger charge is 2.12. The van der Waals surface area contributed by atoms with Crippen LogP contribution in [-0.4, -0.2) is 32.6 Å². The molecule has 25 heavy (non-hydrogen) atoms. The lowest BCUT2D eigenvalue weighted by Crippen LogP contribution is -2.13. The van der Waals surface area contributed by atoms with E-state index in [1.54, 1.807) is 18.2 Å². The van der Waals surface area contributed by atoms with Crippen LogP contribution in [0.4, 0.5) is 4.39 Å². The second kappa shape index (κ2) is 8.63. The number of hydrogen-bond acceptors (Lipinski definition) is 5. The summed E-state index contributed by atoms with van der Waals surface area (Å²) in [5.74, 6) is -0.875. The van der Waals surface area contributed by atoms with E-state index < -0.39 is 24.2 Å². The monoisotopic (exact) mass is 344 g/mol. The number of esters is 1. The Kier molecular flexibility index (Phi) is 6.28. The average molecular weight is 344 g/mol. The number of ketones is 1. The van der Waals surface area contributed by atoms with Gasteiger partial charge in [0.25, 0.3) is 0 Å². The molecule has 0 aromatic heterocycles. The van der Waals surface area contributed by atoms with Crippen LogP contribution < -0.4 is 9.47 Å². The molecule has 6 heteroatoms. The van der Waals surface area contributed by atoms with Gasteiger partial charge in [-0.3, -0.25) is 4.79 Å². The van der Waals surface area contributed by atoms with Gasteiger partial charge in [-0.15, -0.1) is 0 Å². The first-order chi connectivity index (χ1) is 12.0. The summed E-state index contributed by atoms with van der Waals surface area (Å²) in [5.41, 5.74) is 0.578. The normalized spacial score (nSPS) is 10.5. The molecular weight excluding hydrogens is 327 g/mol. The number of benzene rings is 2. The number of hydrogen-bond donors (Lipinski definition) is 0. The Morgan fingerprint density at radius 1 is 1.04 bits per heavy atom. The molecule has 0 aliphatic heterocycles. The summed E-state index contributed by atoms with van der Waals surface area (Å²) in [6.07, 6.45) is 2.69. The highest BCUT2D eigenvalue weighted by Crippen LogP contribution is 2.27. The maximum atomic E-state index is 13.5. The lowest BCUT2D eigenvalue weighted by molar-refractivity contribution is -0.136. The third-order valence-electron chi connectivity index (χ3n) is 3.34. The Morgan fingerprint density at radius 2 is 1.76 bits per heavy atom. The largest absolute Gasteiger partial charge is 0.493 e. The van der Waals surface area contributed by atoms with Crippen molar-refractivity contribution in [2.45, 2.75) is 0 Å². The minimum Gasteiger partial charge on any atom is -0.493 e. The molecule has 5 nitrogen and oxygen atoms in total. The Bertz CT molecular complexity index is 798. The number of methoxy groups -OCH3 is 2. The van der Waals surface area contributed by atoms with E-state index in [0.29, 0.717) is 17.1 Å². The summed E-state index contributed by atoms with van der Waals surface area (Å²) in [4.78, 5) is 23.5. The highest BCUT2D eigenvalue weighted by atomic mass is 19.1. The van der Waals surface area contributed by atoms with Gasteiger partial charge in [0.1, 0.15) is 5.82 Å². The van der Waals surface area contributed by atoms with Crippen molar-refractivity contribution in [3.8, 4) is 11.5 Å². The summed E-state index contributed by atoms with van der Waals surface area (Å²) in [7, 11) is 3.03. The van der Waals surface area contributed by atoms with Crippen molar-refractivity contribution in [1.82, 2.24) is 0 Å². The van der Waals surface area contributed by atoms with Crippen molar-refractivity contribution in [2.75, 3.05) is 20.8 Å². The molecule has 0 spiro atoms. The van der Waals surface area contributed by atoms with Crippen LogP contribution in [0.5, 0.6) is 11.5 Å². The molecule has 0 saturated heterocycles. The maximum absolute atomic E-state index is 13.5. The predicted octanol–water partition coefficient (Wildman–Crippen LogP) is 3.28. The molecule has 2 aromatic carbocycles. The Labute approximate surface area is 144 Å². The van der Waals surface area contributed by atoms with Crippen LogP contribution in [0.25, 0.3) is 6.08 Å². The third-order valence-corrected chi connectivity index (χ3v) is 3.34. The zero-order valence-electron chi connectivity index (χ0n) is 13.8. The van der Waals surface area contributed by atoms with Gasteiger partial charge in [-0.2, -0.15) is 0 Å². The first-order valence-corrected chi connectivity index (χ1v) is 7.39. The zero-order valence-corrected chi connectivity index (χ0v) is 13.8. The van der Waals surface area contributed by atoms with Crippen molar-refractivity contribution in [3.05, 3.63) is 65.5 Å². The Morgan fingerprint density at radius 3 is 2.44 bits per heavy atom. The minimum atomic E-state index is -0.709. The summed E-state index contributed by atoms with van der Waals surface area (Å²) in [6, 6.07) is 10.6. The van der Waals surface area contributed by atoms with Gasteiger partial charge in [0.15, 0.2) is 18.1 Å². The Balaban J connectivity index is 1.95. The first kappa shape index (κ1) is 18.2. The molecule has 0 radical (unpaired) electrons. The van der Waals surface area contributed by atoms with E-state index in [1.165, 1.54) is 50.6 Å². The van der Waals surface area contributed by atoms with Crippen LogP contribution in [0.2, 0.25) is 0 Å². The second-order valence-corrected chi connectivity index (χ2v) is 4.96. The topological polar surface area (TPSA) is 61.8 Å². The molecule has 2 aromatic rings. The fourth-order valence-corrected chi connectivity index (χ4v) is 2.07. The molecule has 0 saturated carbocycles. The van der Waals surface area contributed by atoms with Crippen LogP contribution in [0.1, 0.15) is 15.9 Å². The van der Waals surface area contributed by atoms with Gasteiger partial charge in [-0.25, -0.2) is 9.18 Å². The molecular formula is C19H17FO5. The van der Waals surface area contributed by atoms with Gasteiger partial charge in [-0.1, -0.05) is 18.2 Å². The van der Waals surface area contributed by atoms with Gasteiger partial charge in [-0.05, 0) is 35.9 Å². The first-order valence-electron chi connectivity index (χ1n) is 7.39. The fraction of sp³-hybridized carbons (Fsp3) is 0.158. The van der Waals surface area contributed by atoms with Gasteiger partial charge in [0.2, 0.25) is 5.78 Å². The second-order valence-electron chi connectivity index (χ2n) is 4.96. The van der Waals surface area contributed by atoms with Crippen LogP contribution in [0, 0.1) is 5.82 Å². The molecule has 0 aliphatic rings. The van der Waals surface area contributed by atoms with Crippen LogP contribution >= 0.6 is 0 Å². The van der Waals surface area contributed by atoms with E-state index in [0.717, 1.165) is 0 Å². The van der Waals surface area contributed by atoms with Crippen LogP contribution in [0.3, 0.4) is 0 Å². The van der Waals surface area contributed by atoms with Gasteiger partial charge < -0.3 is 14.2 Å². The minimum absolute atomic E-state index is 0.112. The predicted molar refractivity (Wildman–Crippen MR) is 90.3 cm³/mol. The SMILES string of the molecule is COc1ccc(C=CC(=O)OCC(=O)c2ccccc2F)cc1OC. The number of rotatable bonds is 7. The molecule has 130 valence electrons. The summed E-state index contributed by atoms with van der Waals surface area (Å²) in [6.45, 7) is -0.532.